The zero-order valence-electron chi connectivity index (χ0n) is 17.6. The fourth-order valence-corrected chi connectivity index (χ4v) is 5.75. The van der Waals surface area contributed by atoms with E-state index in [1.54, 1.807) is 34.9 Å². The molecule has 3 aromatic rings. The van der Waals surface area contributed by atoms with Crippen LogP contribution in [-0.4, -0.2) is 41.0 Å². The Balaban J connectivity index is 1.54. The minimum atomic E-state index is -3.61. The molecule has 1 aromatic heterocycles. The summed E-state index contributed by atoms with van der Waals surface area (Å²) in [6.07, 6.45) is 5.20. The van der Waals surface area contributed by atoms with Crippen LogP contribution >= 0.6 is 11.8 Å². The van der Waals surface area contributed by atoms with Gasteiger partial charge >= 0.3 is 5.97 Å². The number of ether oxygens (including phenoxy) is 1. The van der Waals surface area contributed by atoms with Crippen molar-refractivity contribution in [2.75, 3.05) is 5.75 Å². The number of carbonyl (C=O) groups is 1. The van der Waals surface area contributed by atoms with Gasteiger partial charge in [0.15, 0.2) is 20.8 Å². The summed E-state index contributed by atoms with van der Waals surface area (Å²) in [4.78, 5) is 12.6. The maximum atomic E-state index is 12.9. The Morgan fingerprint density at radius 1 is 0.969 bits per heavy atom. The summed E-state index contributed by atoms with van der Waals surface area (Å²) in [5, 5.41) is 8.80. The van der Waals surface area contributed by atoms with E-state index in [1.165, 1.54) is 18.2 Å². The molecule has 9 heteroatoms. The van der Waals surface area contributed by atoms with E-state index >= 15 is 0 Å². The number of para-hydroxylation sites is 1. The molecule has 0 N–H and O–H groups in total. The van der Waals surface area contributed by atoms with E-state index in [-0.39, 0.29) is 28.5 Å². The van der Waals surface area contributed by atoms with Crippen LogP contribution in [0.2, 0.25) is 0 Å². The van der Waals surface area contributed by atoms with Crippen molar-refractivity contribution in [1.82, 2.24) is 14.8 Å². The Morgan fingerprint density at radius 3 is 2.31 bits per heavy atom. The number of carbonyl (C=O) groups excluding carboxylic acids is 1. The average Bonchev–Trinajstić information content (AvgIpc) is 3.21. The van der Waals surface area contributed by atoms with Crippen LogP contribution in [0.25, 0.3) is 5.69 Å². The summed E-state index contributed by atoms with van der Waals surface area (Å²) in [5.74, 6) is -0.204. The topological polar surface area (TPSA) is 91.2 Å². The molecule has 1 heterocycles. The first-order valence-electron chi connectivity index (χ1n) is 10.6. The van der Waals surface area contributed by atoms with Gasteiger partial charge in [0.05, 0.1) is 10.6 Å². The highest BCUT2D eigenvalue weighted by Gasteiger charge is 2.24. The number of nitrogens with zero attached hydrogens (tertiary/aromatic N) is 3. The Labute approximate surface area is 192 Å². The van der Waals surface area contributed by atoms with Crippen LogP contribution in [0, 0.1) is 0 Å². The van der Waals surface area contributed by atoms with Gasteiger partial charge in [0.25, 0.3) is 0 Å². The predicted octanol–water partition coefficient (Wildman–Crippen LogP) is 4.21. The smallest absolute Gasteiger partial charge is 0.316 e. The molecule has 1 aliphatic carbocycles. The third kappa shape index (κ3) is 5.58. The van der Waals surface area contributed by atoms with Crippen molar-refractivity contribution in [2.24, 2.45) is 0 Å². The number of hydrogen-bond acceptors (Lipinski definition) is 7. The van der Waals surface area contributed by atoms with Gasteiger partial charge in [-0.15, -0.1) is 10.2 Å². The van der Waals surface area contributed by atoms with Crippen LogP contribution in [0.3, 0.4) is 0 Å². The van der Waals surface area contributed by atoms with E-state index in [0.29, 0.717) is 11.0 Å². The molecule has 1 fully saturated rings. The molecule has 4 rings (SSSR count). The fourth-order valence-electron chi connectivity index (χ4n) is 3.73. The van der Waals surface area contributed by atoms with Crippen molar-refractivity contribution in [2.45, 2.75) is 54.0 Å². The van der Waals surface area contributed by atoms with E-state index in [2.05, 4.69) is 10.2 Å². The molecule has 7 nitrogen and oxygen atoms in total. The zero-order valence-corrected chi connectivity index (χ0v) is 19.2. The molecule has 0 bridgehead atoms. The first-order chi connectivity index (χ1) is 15.5. The van der Waals surface area contributed by atoms with Gasteiger partial charge in [-0.05, 0) is 49.9 Å². The monoisotopic (exact) mass is 471 g/mol. The minimum Gasteiger partial charge on any atom is -0.462 e. The standard InChI is InChI=1S/C23H25N3O4S2/c27-22(30-19-12-6-2-7-13-19)16-31-23-25-24-21(26(23)18-10-4-1-5-11-18)17-32(28,29)20-14-8-3-9-15-20/h1,3-5,8-11,14-15,19H,2,6-7,12-13,16-17H2. The predicted molar refractivity (Wildman–Crippen MR) is 122 cm³/mol. The van der Waals surface area contributed by atoms with Crippen molar-refractivity contribution in [3.63, 3.8) is 0 Å². The molecule has 0 radical (unpaired) electrons. The van der Waals surface area contributed by atoms with Crippen molar-refractivity contribution in [3.05, 3.63) is 66.5 Å². The lowest BCUT2D eigenvalue weighted by molar-refractivity contribution is -0.147. The van der Waals surface area contributed by atoms with E-state index in [9.17, 15) is 13.2 Å². The van der Waals surface area contributed by atoms with Gasteiger partial charge < -0.3 is 4.74 Å². The van der Waals surface area contributed by atoms with Crippen LogP contribution in [0.15, 0.2) is 70.7 Å². The molecule has 0 aliphatic heterocycles. The first-order valence-corrected chi connectivity index (χ1v) is 13.3. The largest absolute Gasteiger partial charge is 0.462 e. The number of aromatic nitrogens is 3. The number of sulfone groups is 1. The normalized spacial score (nSPS) is 14.9. The quantitative estimate of drug-likeness (QED) is 0.359. The number of esters is 1. The molecule has 0 unspecified atom stereocenters. The lowest BCUT2D eigenvalue weighted by Gasteiger charge is -2.21. The van der Waals surface area contributed by atoms with Gasteiger partial charge in [0.1, 0.15) is 11.9 Å². The summed E-state index contributed by atoms with van der Waals surface area (Å²) in [6, 6.07) is 17.6. The van der Waals surface area contributed by atoms with E-state index in [0.717, 1.165) is 31.4 Å². The van der Waals surface area contributed by atoms with Crippen LogP contribution in [0.1, 0.15) is 37.9 Å². The molecule has 1 saturated carbocycles. The Kier molecular flexibility index (Phi) is 7.26. The van der Waals surface area contributed by atoms with Gasteiger partial charge in [0.2, 0.25) is 0 Å². The number of rotatable bonds is 8. The molecule has 32 heavy (non-hydrogen) atoms. The molecule has 0 saturated heterocycles. The molecular formula is C23H25N3O4S2. The van der Waals surface area contributed by atoms with Crippen LogP contribution < -0.4 is 0 Å². The van der Waals surface area contributed by atoms with Gasteiger partial charge in [-0.3, -0.25) is 9.36 Å². The third-order valence-corrected chi connectivity index (χ3v) is 7.84. The summed E-state index contributed by atoms with van der Waals surface area (Å²) in [5.41, 5.74) is 0.735. The lowest BCUT2D eigenvalue weighted by Crippen LogP contribution is -2.22. The first kappa shape index (κ1) is 22.5. The zero-order chi connectivity index (χ0) is 22.4. The minimum absolute atomic E-state index is 0.00424. The summed E-state index contributed by atoms with van der Waals surface area (Å²) < 4.78 is 33.1. The van der Waals surface area contributed by atoms with Gasteiger partial charge in [-0.2, -0.15) is 0 Å². The molecule has 0 atom stereocenters. The highest BCUT2D eigenvalue weighted by molar-refractivity contribution is 7.99. The Bertz CT molecular complexity index is 1140. The summed E-state index contributed by atoms with van der Waals surface area (Å²) in [7, 11) is -3.61. The summed E-state index contributed by atoms with van der Waals surface area (Å²) in [6.45, 7) is 0. The van der Waals surface area contributed by atoms with Crippen LogP contribution in [0.4, 0.5) is 0 Å². The highest BCUT2D eigenvalue weighted by atomic mass is 32.2. The molecule has 2 aromatic carbocycles. The number of benzene rings is 2. The van der Waals surface area contributed by atoms with E-state index in [4.69, 9.17) is 4.74 Å². The van der Waals surface area contributed by atoms with Crippen molar-refractivity contribution < 1.29 is 17.9 Å². The van der Waals surface area contributed by atoms with E-state index in [1.807, 2.05) is 30.3 Å². The average molecular weight is 472 g/mol. The van der Waals surface area contributed by atoms with Gasteiger partial charge in [0, 0.05) is 5.69 Å². The second-order valence-corrected chi connectivity index (χ2v) is 10.6. The maximum absolute atomic E-state index is 12.9. The molecule has 0 amide bonds. The third-order valence-electron chi connectivity index (χ3n) is 5.31. The number of thioether (sulfide) groups is 1. The lowest BCUT2D eigenvalue weighted by atomic mass is 9.98. The van der Waals surface area contributed by atoms with Crippen LogP contribution in [0.5, 0.6) is 0 Å². The molecule has 1 aliphatic rings. The SMILES string of the molecule is O=C(CSc1nnc(CS(=O)(=O)c2ccccc2)n1-c1ccccc1)OC1CCCCC1. The maximum Gasteiger partial charge on any atom is 0.316 e. The second-order valence-electron chi connectivity index (χ2n) is 7.68. The van der Waals surface area contributed by atoms with Gasteiger partial charge in [-0.1, -0.05) is 54.6 Å². The second kappa shape index (κ2) is 10.3. The van der Waals surface area contributed by atoms with Crippen molar-refractivity contribution >= 4 is 27.6 Å². The highest BCUT2D eigenvalue weighted by Crippen LogP contribution is 2.26. The van der Waals surface area contributed by atoms with Crippen molar-refractivity contribution in [1.29, 1.82) is 0 Å². The molecule has 168 valence electrons. The molecular weight excluding hydrogens is 446 g/mol. The Morgan fingerprint density at radius 2 is 1.62 bits per heavy atom. The fraction of sp³-hybridized carbons (Fsp3) is 0.348. The van der Waals surface area contributed by atoms with Crippen molar-refractivity contribution in [3.8, 4) is 5.69 Å². The summed E-state index contributed by atoms with van der Waals surface area (Å²) >= 11 is 1.20. The van der Waals surface area contributed by atoms with Crippen LogP contribution in [-0.2, 0) is 25.1 Å². The van der Waals surface area contributed by atoms with E-state index < -0.39 is 9.84 Å². The number of hydrogen-bond donors (Lipinski definition) is 0. The Hall–Kier alpha value is -2.65. The van der Waals surface area contributed by atoms with Gasteiger partial charge in [-0.25, -0.2) is 8.42 Å². The molecule has 0 spiro atoms.